The van der Waals surface area contributed by atoms with Crippen LogP contribution in [0.4, 0.5) is 0 Å². The molecule has 92 valence electrons. The van der Waals surface area contributed by atoms with Crippen molar-refractivity contribution in [2.75, 3.05) is 13.6 Å². The zero-order valence-electron chi connectivity index (χ0n) is 10.8. The monoisotopic (exact) mass is 224 g/mol. The van der Waals surface area contributed by atoms with Crippen LogP contribution < -0.4 is 0 Å². The Labute approximate surface area is 99.4 Å². The third kappa shape index (κ3) is 7.28. The second-order valence-electron chi connectivity index (χ2n) is 4.47. The molecule has 0 fully saturated rings. The molecule has 0 aliphatic heterocycles. The molecule has 0 saturated heterocycles. The minimum absolute atomic E-state index is 0.0750. The van der Waals surface area contributed by atoms with Gasteiger partial charge in [-0.3, -0.25) is 4.79 Å². The van der Waals surface area contributed by atoms with Crippen LogP contribution in [0, 0.1) is 17.2 Å². The van der Waals surface area contributed by atoms with Gasteiger partial charge in [0.05, 0.1) is 12.0 Å². The van der Waals surface area contributed by atoms with E-state index in [-0.39, 0.29) is 11.8 Å². The molecule has 0 aliphatic carbocycles. The third-order valence-electron chi connectivity index (χ3n) is 2.69. The summed E-state index contributed by atoms with van der Waals surface area (Å²) in [5.41, 5.74) is 0. The summed E-state index contributed by atoms with van der Waals surface area (Å²) < 4.78 is 0. The summed E-state index contributed by atoms with van der Waals surface area (Å²) in [6, 6.07) is 2.14. The molecule has 0 aromatic carbocycles. The normalized spacial score (nSPS) is 11.9. The molecule has 0 aromatic heterocycles. The van der Waals surface area contributed by atoms with E-state index < -0.39 is 0 Å². The smallest absolute Gasteiger partial charge is 0.222 e. The zero-order chi connectivity index (χ0) is 12.4. The van der Waals surface area contributed by atoms with Gasteiger partial charge < -0.3 is 4.90 Å². The van der Waals surface area contributed by atoms with Crippen molar-refractivity contribution in [1.29, 1.82) is 5.26 Å². The lowest BCUT2D eigenvalue weighted by atomic mass is 10.1. The Morgan fingerprint density at radius 1 is 1.31 bits per heavy atom. The summed E-state index contributed by atoms with van der Waals surface area (Å²) >= 11 is 0. The Morgan fingerprint density at radius 3 is 2.50 bits per heavy atom. The summed E-state index contributed by atoms with van der Waals surface area (Å²) in [6.45, 7) is 4.57. The molecular weight excluding hydrogens is 200 g/mol. The lowest BCUT2D eigenvalue weighted by Gasteiger charge is -2.18. The number of amides is 1. The van der Waals surface area contributed by atoms with Crippen LogP contribution in [0.15, 0.2) is 0 Å². The first-order chi connectivity index (χ1) is 7.61. The van der Waals surface area contributed by atoms with E-state index >= 15 is 0 Å². The third-order valence-corrected chi connectivity index (χ3v) is 2.69. The van der Waals surface area contributed by atoms with Crippen LogP contribution >= 0.6 is 0 Å². The van der Waals surface area contributed by atoms with Gasteiger partial charge in [0.2, 0.25) is 5.91 Å². The minimum atomic E-state index is -0.0750. The van der Waals surface area contributed by atoms with Crippen LogP contribution in [0.5, 0.6) is 0 Å². The largest absolute Gasteiger partial charge is 0.344 e. The molecule has 0 bridgehead atoms. The van der Waals surface area contributed by atoms with E-state index in [1.165, 1.54) is 19.3 Å². The molecule has 0 rings (SSSR count). The summed E-state index contributed by atoms with van der Waals surface area (Å²) in [5.74, 6) is 0.0904. The van der Waals surface area contributed by atoms with E-state index in [0.717, 1.165) is 12.8 Å². The van der Waals surface area contributed by atoms with Gasteiger partial charge in [-0.05, 0) is 13.3 Å². The van der Waals surface area contributed by atoms with Gasteiger partial charge in [-0.2, -0.15) is 5.26 Å². The van der Waals surface area contributed by atoms with Crippen LogP contribution in [0.1, 0.15) is 52.4 Å². The first-order valence-electron chi connectivity index (χ1n) is 6.25. The van der Waals surface area contributed by atoms with Gasteiger partial charge >= 0.3 is 0 Å². The van der Waals surface area contributed by atoms with Gasteiger partial charge in [0.1, 0.15) is 0 Å². The maximum atomic E-state index is 11.6. The molecule has 0 heterocycles. The van der Waals surface area contributed by atoms with Gasteiger partial charge in [0.25, 0.3) is 0 Å². The van der Waals surface area contributed by atoms with Gasteiger partial charge in [-0.25, -0.2) is 0 Å². The van der Waals surface area contributed by atoms with Gasteiger partial charge in [0.15, 0.2) is 0 Å². The number of unbranched alkanes of at least 4 members (excludes halogenated alkanes) is 4. The molecule has 1 amide bonds. The number of carbonyl (C=O) groups is 1. The molecule has 3 heteroatoms. The van der Waals surface area contributed by atoms with Crippen LogP contribution in [0.25, 0.3) is 0 Å². The highest BCUT2D eigenvalue weighted by molar-refractivity contribution is 5.75. The standard InChI is InChI=1S/C13H24N2O/c1-4-5-6-7-8-9-13(16)15(3)11-12(2)10-14/h12H,4-9,11H2,1-3H3. The van der Waals surface area contributed by atoms with Gasteiger partial charge in [-0.15, -0.1) is 0 Å². The number of nitrogens with zero attached hydrogens (tertiary/aromatic N) is 2. The minimum Gasteiger partial charge on any atom is -0.344 e. The molecule has 0 aromatic rings. The second-order valence-corrected chi connectivity index (χ2v) is 4.47. The molecule has 1 atom stereocenters. The lowest BCUT2D eigenvalue weighted by Crippen LogP contribution is -2.30. The fraction of sp³-hybridized carbons (Fsp3) is 0.846. The first-order valence-corrected chi connectivity index (χ1v) is 6.25. The molecule has 16 heavy (non-hydrogen) atoms. The van der Waals surface area contributed by atoms with Crippen molar-refractivity contribution < 1.29 is 4.79 Å². The van der Waals surface area contributed by atoms with E-state index in [4.69, 9.17) is 5.26 Å². The van der Waals surface area contributed by atoms with Crippen molar-refractivity contribution in [3.63, 3.8) is 0 Å². The Hall–Kier alpha value is -1.04. The van der Waals surface area contributed by atoms with Crippen LogP contribution in [-0.2, 0) is 4.79 Å². The lowest BCUT2D eigenvalue weighted by molar-refractivity contribution is -0.130. The molecular formula is C13H24N2O. The summed E-state index contributed by atoms with van der Waals surface area (Å²) in [7, 11) is 1.78. The number of carbonyl (C=O) groups excluding carboxylic acids is 1. The second kappa shape index (κ2) is 9.21. The SMILES string of the molecule is CCCCCCCC(=O)N(C)CC(C)C#N. The van der Waals surface area contributed by atoms with Crippen LogP contribution in [0.3, 0.4) is 0 Å². The molecule has 3 nitrogen and oxygen atoms in total. The zero-order valence-corrected chi connectivity index (χ0v) is 10.8. The van der Waals surface area contributed by atoms with E-state index in [2.05, 4.69) is 13.0 Å². The highest BCUT2D eigenvalue weighted by atomic mass is 16.2. The number of hydrogen-bond acceptors (Lipinski definition) is 2. The van der Waals surface area contributed by atoms with Crippen molar-refractivity contribution in [2.24, 2.45) is 5.92 Å². The van der Waals surface area contributed by atoms with Crippen LogP contribution in [0.2, 0.25) is 0 Å². The molecule has 0 aliphatic rings. The Morgan fingerprint density at radius 2 is 1.94 bits per heavy atom. The Bertz CT molecular complexity index is 233. The summed E-state index contributed by atoms with van der Waals surface area (Å²) in [4.78, 5) is 13.3. The van der Waals surface area contributed by atoms with Crippen molar-refractivity contribution in [2.45, 2.75) is 52.4 Å². The topological polar surface area (TPSA) is 44.1 Å². The highest BCUT2D eigenvalue weighted by Crippen LogP contribution is 2.07. The van der Waals surface area contributed by atoms with E-state index in [1.807, 2.05) is 6.92 Å². The predicted octanol–water partition coefficient (Wildman–Crippen LogP) is 2.96. The first kappa shape index (κ1) is 15.0. The molecule has 0 radical (unpaired) electrons. The van der Waals surface area contributed by atoms with Crippen LogP contribution in [-0.4, -0.2) is 24.4 Å². The summed E-state index contributed by atoms with van der Waals surface area (Å²) in [5, 5.41) is 8.65. The number of rotatable bonds is 8. The Kier molecular flexibility index (Phi) is 8.61. The Balaban J connectivity index is 3.60. The van der Waals surface area contributed by atoms with Crippen molar-refractivity contribution in [3.05, 3.63) is 0 Å². The number of nitriles is 1. The highest BCUT2D eigenvalue weighted by Gasteiger charge is 2.11. The van der Waals surface area contributed by atoms with E-state index in [9.17, 15) is 4.79 Å². The average molecular weight is 224 g/mol. The average Bonchev–Trinajstić information content (AvgIpc) is 2.28. The molecule has 1 unspecified atom stereocenters. The predicted molar refractivity (Wildman–Crippen MR) is 65.8 cm³/mol. The number of hydrogen-bond donors (Lipinski definition) is 0. The maximum Gasteiger partial charge on any atom is 0.222 e. The summed E-state index contributed by atoms with van der Waals surface area (Å²) in [6.07, 6.45) is 6.45. The van der Waals surface area contributed by atoms with E-state index in [1.54, 1.807) is 11.9 Å². The fourth-order valence-electron chi connectivity index (χ4n) is 1.62. The van der Waals surface area contributed by atoms with Crippen molar-refractivity contribution >= 4 is 5.91 Å². The van der Waals surface area contributed by atoms with Crippen molar-refractivity contribution in [3.8, 4) is 6.07 Å². The van der Waals surface area contributed by atoms with Gasteiger partial charge in [0, 0.05) is 20.0 Å². The molecule has 0 N–H and O–H groups in total. The van der Waals surface area contributed by atoms with Gasteiger partial charge in [-0.1, -0.05) is 32.6 Å². The van der Waals surface area contributed by atoms with Crippen molar-refractivity contribution in [1.82, 2.24) is 4.90 Å². The quantitative estimate of drug-likeness (QED) is 0.595. The fourth-order valence-corrected chi connectivity index (χ4v) is 1.62. The maximum absolute atomic E-state index is 11.6. The van der Waals surface area contributed by atoms with E-state index in [0.29, 0.717) is 13.0 Å². The molecule has 0 saturated carbocycles. The molecule has 0 spiro atoms.